The van der Waals surface area contributed by atoms with E-state index in [2.05, 4.69) is 47.4 Å². The second-order valence-corrected chi connectivity index (χ2v) is 43.9. The van der Waals surface area contributed by atoms with E-state index in [4.69, 9.17) is 0 Å². The molecule has 0 spiro atoms. The minimum atomic E-state index is -2.77. The first-order chi connectivity index (χ1) is 9.39. The summed E-state index contributed by atoms with van der Waals surface area (Å²) in [6.45, 7) is 4.63. The van der Waals surface area contributed by atoms with Gasteiger partial charge in [-0.3, -0.25) is 0 Å². The molecule has 0 aromatic carbocycles. The van der Waals surface area contributed by atoms with E-state index < -0.39 is 17.9 Å². The third-order valence-electron chi connectivity index (χ3n) is 5.21. The first-order valence-corrected chi connectivity index (χ1v) is 24.1. The standard InChI is InChI=1S/2C8H11.2CH3.2ClH.H3Si.Zr/c2*1-2-5-8-6-3-4-7-8;;;;;;/h2*3,6H,2,4-5H2,1H3;2*1H3;2*1H;1H3;. The third kappa shape index (κ3) is 4.38. The Hall–Kier alpha value is 0.640. The van der Waals surface area contributed by atoms with Gasteiger partial charge in [0.15, 0.2) is 0 Å². The van der Waals surface area contributed by atoms with Gasteiger partial charge < -0.3 is 0 Å². The van der Waals surface area contributed by atoms with E-state index in [1.807, 2.05) is 6.56 Å². The number of allylic oxidation sites excluding steroid dienone is 8. The number of rotatable bonds is 6. The van der Waals surface area contributed by atoms with E-state index in [0.717, 1.165) is 0 Å². The summed E-state index contributed by atoms with van der Waals surface area (Å²) in [5.41, 5.74) is 3.43. The Bertz CT molecular complexity index is 475. The molecule has 0 heterocycles. The van der Waals surface area contributed by atoms with Crippen molar-refractivity contribution in [2.24, 2.45) is 0 Å². The van der Waals surface area contributed by atoms with Crippen molar-refractivity contribution < 1.29 is 17.9 Å². The molecule has 0 fully saturated rings. The van der Waals surface area contributed by atoms with Crippen LogP contribution in [-0.2, 0) is 17.9 Å². The van der Waals surface area contributed by atoms with E-state index in [9.17, 15) is 0 Å². The van der Waals surface area contributed by atoms with Crippen LogP contribution in [0.1, 0.15) is 52.4 Å². The second kappa shape index (κ2) is 8.65. The molecule has 2 aliphatic carbocycles. The van der Waals surface area contributed by atoms with Crippen molar-refractivity contribution in [1.82, 2.24) is 0 Å². The van der Waals surface area contributed by atoms with Crippen LogP contribution in [0.15, 0.2) is 42.0 Å². The van der Waals surface area contributed by atoms with Crippen LogP contribution < -0.4 is 0 Å². The molecule has 2 aliphatic rings. The molecule has 0 N–H and O–H groups in total. The average Bonchev–Trinajstić information content (AvgIpc) is 2.98. The monoisotopic (exact) mass is 437 g/mol. The van der Waals surface area contributed by atoms with Crippen LogP contribution in [0, 0.1) is 0 Å². The normalized spacial score (nSPS) is 19.2. The Labute approximate surface area is 152 Å². The maximum atomic E-state index is 2.73. The van der Waals surface area contributed by atoms with Gasteiger partial charge in [-0.1, -0.05) is 0 Å². The third-order valence-corrected chi connectivity index (χ3v) is 25.3. The van der Waals surface area contributed by atoms with Gasteiger partial charge in [0.1, 0.15) is 0 Å². The van der Waals surface area contributed by atoms with E-state index in [-0.39, 0.29) is 24.8 Å². The molecule has 0 radical (unpaired) electrons. The molecule has 0 saturated heterocycles. The summed E-state index contributed by atoms with van der Waals surface area (Å²) in [4.78, 5) is 0. The van der Waals surface area contributed by atoms with E-state index in [1.54, 1.807) is 11.1 Å². The number of hydrogen-bond acceptors (Lipinski definition) is 0. The summed E-state index contributed by atoms with van der Waals surface area (Å²) < 4.78 is 9.30. The largest absolute Gasteiger partial charge is 0.147 e. The quantitative estimate of drug-likeness (QED) is 0.450. The minimum absolute atomic E-state index is 0. The SMILES string of the molecule is CCCC1=[C]([Zr]([CH3])([CH3])([SiH3])[C]2=C(CCC)C=CC2)CC=C1.Cl.Cl. The molecule has 0 atom stereocenters. The van der Waals surface area contributed by atoms with Gasteiger partial charge in [-0.15, -0.1) is 24.8 Å². The fraction of sp³-hybridized carbons (Fsp3) is 0.556. The molecular formula is C18H33Cl2SiZr. The molecule has 0 bridgehead atoms. The molecular weight excluding hydrogens is 406 g/mol. The van der Waals surface area contributed by atoms with Gasteiger partial charge in [0.2, 0.25) is 0 Å². The zero-order valence-corrected chi connectivity index (χ0v) is 21.0. The minimum Gasteiger partial charge on any atom is -0.147 e. The topological polar surface area (TPSA) is 0 Å². The van der Waals surface area contributed by atoms with Crippen molar-refractivity contribution in [3.8, 4) is 0 Å². The van der Waals surface area contributed by atoms with Crippen molar-refractivity contribution in [3.05, 3.63) is 42.0 Å². The summed E-state index contributed by atoms with van der Waals surface area (Å²) in [6, 6.07) is 0. The first-order valence-electron chi connectivity index (χ1n) is 8.39. The maximum absolute atomic E-state index is 2.77. The molecule has 0 nitrogen and oxygen atoms in total. The summed E-state index contributed by atoms with van der Waals surface area (Å²) in [6.07, 6.45) is 17.4. The van der Waals surface area contributed by atoms with Crippen molar-refractivity contribution in [1.29, 1.82) is 0 Å². The van der Waals surface area contributed by atoms with Crippen LogP contribution in [0.4, 0.5) is 0 Å². The van der Waals surface area contributed by atoms with E-state index >= 15 is 0 Å². The van der Waals surface area contributed by atoms with Crippen molar-refractivity contribution >= 4 is 32.2 Å². The Kier molecular flexibility index (Phi) is 8.90. The predicted molar refractivity (Wildman–Crippen MR) is 108 cm³/mol. The van der Waals surface area contributed by atoms with Crippen LogP contribution in [0.3, 0.4) is 0 Å². The maximum Gasteiger partial charge on any atom is -0.147 e. The van der Waals surface area contributed by atoms with Crippen molar-refractivity contribution in [2.45, 2.75) is 61.6 Å². The predicted octanol–water partition coefficient (Wildman–Crippen LogP) is 5.92. The van der Waals surface area contributed by atoms with Crippen LogP contribution in [-0.4, -0.2) is 7.37 Å². The molecule has 0 unspecified atom stereocenters. The second-order valence-electron chi connectivity index (χ2n) is 7.85. The Morgan fingerprint density at radius 2 is 1.23 bits per heavy atom. The Morgan fingerprint density at radius 3 is 1.55 bits per heavy atom. The van der Waals surface area contributed by atoms with Gasteiger partial charge in [-0.25, -0.2) is 0 Å². The molecule has 0 aliphatic heterocycles. The van der Waals surface area contributed by atoms with Crippen molar-refractivity contribution in [3.63, 3.8) is 0 Å². The zero-order valence-electron chi connectivity index (χ0n) is 14.9. The molecule has 0 aromatic rings. The summed E-state index contributed by atoms with van der Waals surface area (Å²) in [5.74, 6) is 0. The molecule has 22 heavy (non-hydrogen) atoms. The summed E-state index contributed by atoms with van der Waals surface area (Å²) >= 11 is -2.77. The van der Waals surface area contributed by atoms with Crippen LogP contribution in [0.25, 0.3) is 0 Å². The van der Waals surface area contributed by atoms with E-state index in [1.165, 1.54) is 45.9 Å². The fourth-order valence-corrected chi connectivity index (χ4v) is 21.9. The number of halogens is 2. The Morgan fingerprint density at radius 1 is 0.864 bits per heavy atom. The first kappa shape index (κ1) is 22.6. The van der Waals surface area contributed by atoms with Gasteiger partial charge in [-0.05, 0) is 0 Å². The molecule has 127 valence electrons. The number of hydrogen-bond donors (Lipinski definition) is 0. The molecule has 4 heteroatoms. The van der Waals surface area contributed by atoms with Gasteiger partial charge in [0, 0.05) is 0 Å². The summed E-state index contributed by atoms with van der Waals surface area (Å²) in [7, 11) is 1.40. The van der Waals surface area contributed by atoms with Crippen LogP contribution in [0.2, 0.25) is 9.26 Å². The van der Waals surface area contributed by atoms with Crippen LogP contribution >= 0.6 is 24.8 Å². The molecule has 0 amide bonds. The zero-order chi connectivity index (χ0) is 14.8. The van der Waals surface area contributed by atoms with E-state index in [0.29, 0.717) is 0 Å². The van der Waals surface area contributed by atoms with Gasteiger partial charge >= 0.3 is 129 Å². The average molecular weight is 440 g/mol. The van der Waals surface area contributed by atoms with Gasteiger partial charge in [-0.2, -0.15) is 0 Å². The molecule has 2 rings (SSSR count). The smallest absolute Gasteiger partial charge is 0.147 e. The Balaban J connectivity index is 0.00000220. The molecule has 0 saturated carbocycles. The van der Waals surface area contributed by atoms with Gasteiger partial charge in [0.05, 0.1) is 0 Å². The van der Waals surface area contributed by atoms with Gasteiger partial charge in [0.25, 0.3) is 0 Å². The molecule has 0 aromatic heterocycles. The summed E-state index contributed by atoms with van der Waals surface area (Å²) in [5, 5.41) is 0. The van der Waals surface area contributed by atoms with Crippen molar-refractivity contribution in [2.75, 3.05) is 0 Å². The van der Waals surface area contributed by atoms with Crippen LogP contribution in [0.5, 0.6) is 0 Å². The fourth-order valence-electron chi connectivity index (χ4n) is 4.13.